The van der Waals surface area contributed by atoms with E-state index in [-0.39, 0.29) is 5.56 Å². The number of aromatic carboxylic acids is 1. The van der Waals surface area contributed by atoms with Gasteiger partial charge in [-0.3, -0.25) is 4.98 Å². The maximum atomic E-state index is 10.9. The van der Waals surface area contributed by atoms with E-state index in [4.69, 9.17) is 5.11 Å². The van der Waals surface area contributed by atoms with Crippen LogP contribution >= 0.6 is 0 Å². The second-order valence-electron chi connectivity index (χ2n) is 3.98. The predicted molar refractivity (Wildman–Crippen MR) is 62.9 cm³/mol. The summed E-state index contributed by atoms with van der Waals surface area (Å²) < 4.78 is 0. The SMILES string of the molecule is Cc1nc2cc(C(=O)O)ccc2c(C)c1C. The number of carbonyl (C=O) groups is 1. The Hall–Kier alpha value is -1.90. The molecule has 0 radical (unpaired) electrons. The molecule has 0 bridgehead atoms. The second kappa shape index (κ2) is 3.59. The van der Waals surface area contributed by atoms with E-state index in [1.54, 1.807) is 12.1 Å². The van der Waals surface area contributed by atoms with Gasteiger partial charge in [0.1, 0.15) is 0 Å². The van der Waals surface area contributed by atoms with Crippen molar-refractivity contribution in [3.8, 4) is 0 Å². The minimum Gasteiger partial charge on any atom is -0.478 e. The van der Waals surface area contributed by atoms with Crippen LogP contribution in [0.5, 0.6) is 0 Å². The minimum atomic E-state index is -0.917. The lowest BCUT2D eigenvalue weighted by atomic mass is 10.0. The van der Waals surface area contributed by atoms with Crippen LogP contribution in [-0.4, -0.2) is 16.1 Å². The lowest BCUT2D eigenvalue weighted by Crippen LogP contribution is -1.98. The van der Waals surface area contributed by atoms with Crippen LogP contribution in [0.3, 0.4) is 0 Å². The highest BCUT2D eigenvalue weighted by Crippen LogP contribution is 2.22. The van der Waals surface area contributed by atoms with Gasteiger partial charge in [0.05, 0.1) is 11.1 Å². The largest absolute Gasteiger partial charge is 0.478 e. The molecule has 1 aromatic heterocycles. The number of carboxylic acids is 1. The van der Waals surface area contributed by atoms with Crippen molar-refractivity contribution in [2.24, 2.45) is 0 Å². The van der Waals surface area contributed by atoms with Crippen LogP contribution in [0, 0.1) is 20.8 Å². The van der Waals surface area contributed by atoms with Gasteiger partial charge in [-0.25, -0.2) is 4.79 Å². The van der Waals surface area contributed by atoms with E-state index in [9.17, 15) is 4.79 Å². The topological polar surface area (TPSA) is 50.2 Å². The highest BCUT2D eigenvalue weighted by Gasteiger charge is 2.08. The molecular formula is C13H13NO2. The maximum Gasteiger partial charge on any atom is 0.335 e. The third-order valence-electron chi connectivity index (χ3n) is 3.04. The summed E-state index contributed by atoms with van der Waals surface area (Å²) in [5, 5.41) is 9.93. The highest BCUT2D eigenvalue weighted by atomic mass is 16.4. The molecule has 0 aliphatic heterocycles. The number of hydrogen-bond acceptors (Lipinski definition) is 2. The summed E-state index contributed by atoms with van der Waals surface area (Å²) in [6.07, 6.45) is 0. The standard InChI is InChI=1S/C13H13NO2/c1-7-8(2)11-5-4-10(13(15)16)6-12(11)14-9(7)3/h4-6H,1-3H3,(H,15,16). The summed E-state index contributed by atoms with van der Waals surface area (Å²) in [6.45, 7) is 6.00. The van der Waals surface area contributed by atoms with Crippen molar-refractivity contribution in [3.05, 3.63) is 40.6 Å². The van der Waals surface area contributed by atoms with Crippen molar-refractivity contribution < 1.29 is 9.90 Å². The Kier molecular flexibility index (Phi) is 2.38. The lowest BCUT2D eigenvalue weighted by Gasteiger charge is -2.08. The molecule has 0 aliphatic rings. The zero-order valence-corrected chi connectivity index (χ0v) is 9.53. The van der Waals surface area contributed by atoms with E-state index in [0.717, 1.165) is 22.2 Å². The van der Waals surface area contributed by atoms with Gasteiger partial charge in [-0.2, -0.15) is 0 Å². The van der Waals surface area contributed by atoms with E-state index in [1.807, 2.05) is 26.8 Å². The molecular weight excluding hydrogens is 202 g/mol. The molecule has 0 saturated carbocycles. The Morgan fingerprint density at radius 2 is 1.88 bits per heavy atom. The molecule has 1 aromatic carbocycles. The molecule has 1 N–H and O–H groups in total. The first-order valence-electron chi connectivity index (χ1n) is 5.11. The molecule has 0 spiro atoms. The van der Waals surface area contributed by atoms with E-state index in [0.29, 0.717) is 0 Å². The number of fused-ring (bicyclic) bond motifs is 1. The number of carboxylic acid groups (broad SMARTS) is 1. The zero-order valence-electron chi connectivity index (χ0n) is 9.53. The zero-order chi connectivity index (χ0) is 11.9. The van der Waals surface area contributed by atoms with Gasteiger partial charge in [-0.05, 0) is 44.0 Å². The van der Waals surface area contributed by atoms with Gasteiger partial charge in [0, 0.05) is 11.1 Å². The highest BCUT2D eigenvalue weighted by molar-refractivity contribution is 5.94. The van der Waals surface area contributed by atoms with E-state index in [1.165, 1.54) is 5.56 Å². The first-order valence-corrected chi connectivity index (χ1v) is 5.11. The van der Waals surface area contributed by atoms with Crippen molar-refractivity contribution >= 4 is 16.9 Å². The molecule has 3 heteroatoms. The monoisotopic (exact) mass is 215 g/mol. The molecule has 0 aliphatic carbocycles. The fourth-order valence-corrected chi connectivity index (χ4v) is 1.81. The third-order valence-corrected chi connectivity index (χ3v) is 3.04. The molecule has 0 saturated heterocycles. The van der Waals surface area contributed by atoms with Gasteiger partial charge in [-0.15, -0.1) is 0 Å². The van der Waals surface area contributed by atoms with Crippen molar-refractivity contribution in [2.75, 3.05) is 0 Å². The van der Waals surface area contributed by atoms with E-state index >= 15 is 0 Å². The van der Waals surface area contributed by atoms with Crippen molar-refractivity contribution in [1.82, 2.24) is 4.98 Å². The number of benzene rings is 1. The molecule has 0 unspecified atom stereocenters. The van der Waals surface area contributed by atoms with Gasteiger partial charge in [0.15, 0.2) is 0 Å². The fourth-order valence-electron chi connectivity index (χ4n) is 1.81. The predicted octanol–water partition coefficient (Wildman–Crippen LogP) is 2.86. The normalized spacial score (nSPS) is 10.7. The van der Waals surface area contributed by atoms with Crippen molar-refractivity contribution in [1.29, 1.82) is 0 Å². The molecule has 3 nitrogen and oxygen atoms in total. The summed E-state index contributed by atoms with van der Waals surface area (Å²) in [6, 6.07) is 5.07. The summed E-state index contributed by atoms with van der Waals surface area (Å²) in [5.74, 6) is -0.917. The van der Waals surface area contributed by atoms with E-state index < -0.39 is 5.97 Å². The number of nitrogens with zero attached hydrogens (tertiary/aromatic N) is 1. The number of pyridine rings is 1. The average molecular weight is 215 g/mol. The van der Waals surface area contributed by atoms with Crippen molar-refractivity contribution in [3.63, 3.8) is 0 Å². The molecule has 2 rings (SSSR count). The van der Waals surface area contributed by atoms with Gasteiger partial charge in [-0.1, -0.05) is 6.07 Å². The van der Waals surface area contributed by atoms with Gasteiger partial charge < -0.3 is 5.11 Å². The lowest BCUT2D eigenvalue weighted by molar-refractivity contribution is 0.0697. The molecule has 0 amide bonds. The number of aromatic nitrogens is 1. The fraction of sp³-hybridized carbons (Fsp3) is 0.231. The summed E-state index contributed by atoms with van der Waals surface area (Å²) >= 11 is 0. The summed E-state index contributed by atoms with van der Waals surface area (Å²) in [5.41, 5.74) is 4.31. The van der Waals surface area contributed by atoms with Crippen LogP contribution in [-0.2, 0) is 0 Å². The smallest absolute Gasteiger partial charge is 0.335 e. The Morgan fingerprint density at radius 1 is 1.19 bits per heavy atom. The first-order chi connectivity index (χ1) is 7.50. The number of hydrogen-bond donors (Lipinski definition) is 1. The summed E-state index contributed by atoms with van der Waals surface area (Å²) in [4.78, 5) is 15.3. The van der Waals surface area contributed by atoms with Gasteiger partial charge >= 0.3 is 5.97 Å². The first kappa shape index (κ1) is 10.6. The number of aryl methyl sites for hydroxylation is 2. The van der Waals surface area contributed by atoms with Crippen LogP contribution in [0.15, 0.2) is 18.2 Å². The second-order valence-corrected chi connectivity index (χ2v) is 3.98. The maximum absolute atomic E-state index is 10.9. The third kappa shape index (κ3) is 1.54. The molecule has 0 fully saturated rings. The van der Waals surface area contributed by atoms with Crippen LogP contribution in [0.25, 0.3) is 10.9 Å². The van der Waals surface area contributed by atoms with Crippen LogP contribution in [0.1, 0.15) is 27.2 Å². The summed E-state index contributed by atoms with van der Waals surface area (Å²) in [7, 11) is 0. The molecule has 16 heavy (non-hydrogen) atoms. The minimum absolute atomic E-state index is 0.280. The Balaban J connectivity index is 2.81. The molecule has 2 aromatic rings. The van der Waals surface area contributed by atoms with E-state index in [2.05, 4.69) is 4.98 Å². The molecule has 0 atom stereocenters. The van der Waals surface area contributed by atoms with Crippen LogP contribution < -0.4 is 0 Å². The van der Waals surface area contributed by atoms with Crippen LogP contribution in [0.2, 0.25) is 0 Å². The Bertz CT molecular complexity index is 588. The Labute approximate surface area is 93.7 Å². The Morgan fingerprint density at radius 3 is 2.50 bits per heavy atom. The molecule has 82 valence electrons. The average Bonchev–Trinajstić information content (AvgIpc) is 2.25. The quantitative estimate of drug-likeness (QED) is 0.795. The van der Waals surface area contributed by atoms with Crippen molar-refractivity contribution in [2.45, 2.75) is 20.8 Å². The number of rotatable bonds is 1. The van der Waals surface area contributed by atoms with Gasteiger partial charge in [0.2, 0.25) is 0 Å². The van der Waals surface area contributed by atoms with Gasteiger partial charge in [0.25, 0.3) is 0 Å². The van der Waals surface area contributed by atoms with Crippen LogP contribution in [0.4, 0.5) is 0 Å². The molecule has 1 heterocycles.